The fourth-order valence-electron chi connectivity index (χ4n) is 1.52. The van der Waals surface area contributed by atoms with Gasteiger partial charge in [-0.3, -0.25) is 0 Å². The van der Waals surface area contributed by atoms with Crippen molar-refractivity contribution >= 4 is 11.7 Å². The third-order valence-electron chi connectivity index (χ3n) is 2.52. The Labute approximate surface area is 111 Å². The lowest BCUT2D eigenvalue weighted by Gasteiger charge is -2.04. The number of para-hydroxylation sites is 1. The Morgan fingerprint density at radius 1 is 1.26 bits per heavy atom. The molecule has 0 saturated heterocycles. The molecule has 2 aromatic rings. The fraction of sp³-hybridized carbons (Fsp3) is 0.133. The highest BCUT2D eigenvalue weighted by atomic mass is 16.6. The second kappa shape index (κ2) is 6.44. The Bertz CT molecular complexity index is 544. The molecule has 0 bridgehead atoms. The highest BCUT2D eigenvalue weighted by molar-refractivity contribution is 5.71. The van der Waals surface area contributed by atoms with Gasteiger partial charge in [0.15, 0.2) is 0 Å². The van der Waals surface area contributed by atoms with E-state index in [4.69, 9.17) is 9.15 Å². The van der Waals surface area contributed by atoms with Crippen LogP contribution in [-0.2, 0) is 0 Å². The average Bonchev–Trinajstić information content (AvgIpc) is 2.93. The molecule has 1 aromatic carbocycles. The minimum atomic E-state index is -0.477. The van der Waals surface area contributed by atoms with E-state index >= 15 is 0 Å². The molecule has 0 radical (unpaired) electrons. The molecule has 19 heavy (non-hydrogen) atoms. The third-order valence-corrected chi connectivity index (χ3v) is 2.52. The summed E-state index contributed by atoms with van der Waals surface area (Å²) in [6.45, 7) is 2.31. The average molecular weight is 257 g/mol. The number of carbonyl (C=O) groups is 1. The summed E-state index contributed by atoms with van der Waals surface area (Å²) in [5.41, 5.74) is 0.963. The van der Waals surface area contributed by atoms with Gasteiger partial charge in [0.05, 0.1) is 6.26 Å². The summed E-state index contributed by atoms with van der Waals surface area (Å²) in [6.07, 6.45) is 3.00. The summed E-state index contributed by atoms with van der Waals surface area (Å²) in [5.74, 6) is 1.31. The molecule has 1 aromatic heterocycles. The summed E-state index contributed by atoms with van der Waals surface area (Å²) >= 11 is 0. The van der Waals surface area contributed by atoms with Crippen molar-refractivity contribution < 1.29 is 13.9 Å². The van der Waals surface area contributed by atoms with Gasteiger partial charge < -0.3 is 14.5 Å². The van der Waals surface area contributed by atoms with Gasteiger partial charge >= 0.3 is 6.09 Å². The van der Waals surface area contributed by atoms with E-state index in [-0.39, 0.29) is 0 Å². The summed E-state index contributed by atoms with van der Waals surface area (Å²) in [5, 5.41) is 2.64. The predicted octanol–water partition coefficient (Wildman–Crippen LogP) is 3.47. The van der Waals surface area contributed by atoms with Gasteiger partial charge in [0.25, 0.3) is 0 Å². The molecular weight excluding hydrogens is 242 g/mol. The first kappa shape index (κ1) is 13.0. The number of hydrogen-bond acceptors (Lipinski definition) is 3. The van der Waals surface area contributed by atoms with Gasteiger partial charge in [-0.2, -0.15) is 0 Å². The maximum Gasteiger partial charge on any atom is 0.412 e. The SMILES string of the molecule is CC(=CCNC(=O)Oc1ccccc1)c1ccco1. The first-order valence-electron chi connectivity index (χ1n) is 5.97. The summed E-state index contributed by atoms with van der Waals surface area (Å²) in [6, 6.07) is 12.6. The maximum atomic E-state index is 11.5. The number of hydrogen-bond donors (Lipinski definition) is 1. The molecule has 0 spiro atoms. The second-order valence-corrected chi connectivity index (χ2v) is 3.95. The van der Waals surface area contributed by atoms with Crippen molar-refractivity contribution in [1.29, 1.82) is 0 Å². The molecule has 2 rings (SSSR count). The van der Waals surface area contributed by atoms with Crippen LogP contribution in [0.15, 0.2) is 59.2 Å². The van der Waals surface area contributed by atoms with Crippen LogP contribution in [-0.4, -0.2) is 12.6 Å². The van der Waals surface area contributed by atoms with E-state index < -0.39 is 6.09 Å². The fourth-order valence-corrected chi connectivity index (χ4v) is 1.52. The highest BCUT2D eigenvalue weighted by Crippen LogP contribution is 2.13. The molecule has 98 valence electrons. The Balaban J connectivity index is 1.80. The lowest BCUT2D eigenvalue weighted by Crippen LogP contribution is -2.26. The van der Waals surface area contributed by atoms with Crippen molar-refractivity contribution in [2.45, 2.75) is 6.92 Å². The molecule has 0 fully saturated rings. The number of benzene rings is 1. The first-order chi connectivity index (χ1) is 9.25. The number of furan rings is 1. The van der Waals surface area contributed by atoms with Crippen molar-refractivity contribution in [1.82, 2.24) is 5.32 Å². The van der Waals surface area contributed by atoms with E-state index in [1.165, 1.54) is 0 Å². The topological polar surface area (TPSA) is 51.5 Å². The van der Waals surface area contributed by atoms with Crippen molar-refractivity contribution in [2.24, 2.45) is 0 Å². The van der Waals surface area contributed by atoms with Gasteiger partial charge in [0.2, 0.25) is 0 Å². The lowest BCUT2D eigenvalue weighted by molar-refractivity contribution is 0.201. The zero-order valence-corrected chi connectivity index (χ0v) is 10.6. The smallest absolute Gasteiger partial charge is 0.412 e. The summed E-state index contributed by atoms with van der Waals surface area (Å²) in [7, 11) is 0. The molecule has 0 aliphatic rings. The number of nitrogens with one attached hydrogen (secondary N) is 1. The molecule has 0 aliphatic heterocycles. The number of ether oxygens (including phenoxy) is 1. The zero-order chi connectivity index (χ0) is 13.5. The summed E-state index contributed by atoms with van der Waals surface area (Å²) < 4.78 is 10.3. The van der Waals surface area contributed by atoms with Gasteiger partial charge in [-0.15, -0.1) is 0 Å². The Morgan fingerprint density at radius 2 is 2.05 bits per heavy atom. The van der Waals surface area contributed by atoms with Gasteiger partial charge in [0.1, 0.15) is 11.5 Å². The number of rotatable bonds is 4. The van der Waals surface area contributed by atoms with Crippen LogP contribution in [0.25, 0.3) is 5.57 Å². The minimum absolute atomic E-state index is 0.387. The standard InChI is InChI=1S/C15H15NO3/c1-12(14-8-5-11-18-14)9-10-16-15(17)19-13-6-3-2-4-7-13/h2-9,11H,10H2,1H3,(H,16,17). The first-order valence-corrected chi connectivity index (χ1v) is 5.97. The van der Waals surface area contributed by atoms with E-state index in [9.17, 15) is 4.79 Å². The Kier molecular flexibility index (Phi) is 4.39. The van der Waals surface area contributed by atoms with Crippen LogP contribution in [0.4, 0.5) is 4.79 Å². The molecule has 0 unspecified atom stereocenters. The van der Waals surface area contributed by atoms with E-state index in [0.29, 0.717) is 12.3 Å². The lowest BCUT2D eigenvalue weighted by atomic mass is 10.2. The van der Waals surface area contributed by atoms with E-state index in [1.807, 2.05) is 43.3 Å². The van der Waals surface area contributed by atoms with Gasteiger partial charge in [-0.1, -0.05) is 24.3 Å². The predicted molar refractivity (Wildman–Crippen MR) is 72.8 cm³/mol. The molecule has 0 aliphatic carbocycles. The Hall–Kier alpha value is -2.49. The number of allylic oxidation sites excluding steroid dienone is 1. The van der Waals surface area contributed by atoms with Crippen LogP contribution >= 0.6 is 0 Å². The van der Waals surface area contributed by atoms with Crippen LogP contribution in [0.3, 0.4) is 0 Å². The molecule has 0 saturated carbocycles. The molecule has 4 nitrogen and oxygen atoms in total. The van der Waals surface area contributed by atoms with Gasteiger partial charge in [-0.25, -0.2) is 4.79 Å². The second-order valence-electron chi connectivity index (χ2n) is 3.95. The minimum Gasteiger partial charge on any atom is -0.465 e. The van der Waals surface area contributed by atoms with Gasteiger partial charge in [0, 0.05) is 6.54 Å². The van der Waals surface area contributed by atoms with E-state index in [2.05, 4.69) is 5.32 Å². The summed E-state index contributed by atoms with van der Waals surface area (Å²) in [4.78, 5) is 11.5. The third kappa shape index (κ3) is 4.03. The van der Waals surface area contributed by atoms with Crippen molar-refractivity contribution in [3.05, 3.63) is 60.6 Å². The maximum absolute atomic E-state index is 11.5. The molecule has 1 heterocycles. The zero-order valence-electron chi connectivity index (χ0n) is 10.6. The van der Waals surface area contributed by atoms with E-state index in [1.54, 1.807) is 18.4 Å². The molecule has 1 N–H and O–H groups in total. The highest BCUT2D eigenvalue weighted by Gasteiger charge is 2.02. The quantitative estimate of drug-likeness (QED) is 0.912. The van der Waals surface area contributed by atoms with Crippen LogP contribution in [0.5, 0.6) is 5.75 Å². The van der Waals surface area contributed by atoms with E-state index in [0.717, 1.165) is 11.3 Å². The molecule has 1 amide bonds. The Morgan fingerprint density at radius 3 is 2.74 bits per heavy atom. The van der Waals surface area contributed by atoms with Gasteiger partial charge in [-0.05, 0) is 36.8 Å². The van der Waals surface area contributed by atoms with Crippen molar-refractivity contribution in [2.75, 3.05) is 6.54 Å². The monoisotopic (exact) mass is 257 g/mol. The van der Waals surface area contributed by atoms with Crippen LogP contribution < -0.4 is 10.1 Å². The normalized spacial score (nSPS) is 11.1. The number of amides is 1. The molecule has 4 heteroatoms. The van der Waals surface area contributed by atoms with Crippen LogP contribution in [0.2, 0.25) is 0 Å². The molecular formula is C15H15NO3. The van der Waals surface area contributed by atoms with Crippen LogP contribution in [0, 0.1) is 0 Å². The van der Waals surface area contributed by atoms with Crippen LogP contribution in [0.1, 0.15) is 12.7 Å². The van der Waals surface area contributed by atoms with Crippen molar-refractivity contribution in [3.8, 4) is 5.75 Å². The largest absolute Gasteiger partial charge is 0.465 e. The molecule has 0 atom stereocenters. The van der Waals surface area contributed by atoms with Crippen molar-refractivity contribution in [3.63, 3.8) is 0 Å². The number of carbonyl (C=O) groups excluding carboxylic acids is 1.